The highest BCUT2D eigenvalue weighted by Gasteiger charge is 2.50. The van der Waals surface area contributed by atoms with Crippen molar-refractivity contribution in [1.82, 2.24) is 5.32 Å². The van der Waals surface area contributed by atoms with E-state index in [9.17, 15) is 19.2 Å². The van der Waals surface area contributed by atoms with Gasteiger partial charge in [0.05, 0.1) is 40.3 Å². The molecule has 0 spiro atoms. The molecule has 0 aromatic heterocycles. The van der Waals surface area contributed by atoms with E-state index in [2.05, 4.69) is 24.3 Å². The van der Waals surface area contributed by atoms with Crippen molar-refractivity contribution in [3.8, 4) is 0 Å². The number of hydrogen-bond donors (Lipinski definition) is 1. The molecule has 0 amide bonds. The van der Waals surface area contributed by atoms with Gasteiger partial charge < -0.3 is 18.9 Å². The fraction of sp³-hybridized carbons (Fsp3) is 0.692. The third kappa shape index (κ3) is 3.53. The summed E-state index contributed by atoms with van der Waals surface area (Å²) >= 11 is 0. The van der Waals surface area contributed by atoms with E-state index < -0.39 is 47.8 Å². The molecule has 0 saturated carbocycles. The van der Waals surface area contributed by atoms with E-state index in [1.54, 1.807) is 0 Å². The summed E-state index contributed by atoms with van der Waals surface area (Å²) in [4.78, 5) is 47.4. The molecule has 22 heavy (non-hydrogen) atoms. The quantitative estimate of drug-likeness (QED) is 0.495. The van der Waals surface area contributed by atoms with Crippen molar-refractivity contribution in [3.05, 3.63) is 0 Å². The maximum absolute atomic E-state index is 11.9. The van der Waals surface area contributed by atoms with E-state index in [0.29, 0.717) is 0 Å². The first-order valence-corrected chi connectivity index (χ1v) is 6.48. The maximum Gasteiger partial charge on any atom is 0.323 e. The van der Waals surface area contributed by atoms with Gasteiger partial charge in [-0.25, -0.2) is 0 Å². The number of nitrogens with one attached hydrogen (secondary N) is 1. The summed E-state index contributed by atoms with van der Waals surface area (Å²) in [6, 6.07) is -2.25. The van der Waals surface area contributed by atoms with Crippen molar-refractivity contribution in [2.75, 3.05) is 28.4 Å². The molecule has 1 aliphatic rings. The van der Waals surface area contributed by atoms with Crippen molar-refractivity contribution in [2.24, 2.45) is 11.8 Å². The molecule has 1 rings (SSSR count). The van der Waals surface area contributed by atoms with E-state index in [-0.39, 0.29) is 6.42 Å². The lowest BCUT2D eigenvalue weighted by Gasteiger charge is -2.37. The van der Waals surface area contributed by atoms with Gasteiger partial charge in [-0.15, -0.1) is 0 Å². The zero-order valence-electron chi connectivity index (χ0n) is 12.8. The molecule has 4 atom stereocenters. The van der Waals surface area contributed by atoms with E-state index in [1.165, 1.54) is 0 Å². The average Bonchev–Trinajstić information content (AvgIpc) is 2.57. The molecule has 1 N–H and O–H groups in total. The van der Waals surface area contributed by atoms with E-state index in [0.717, 1.165) is 28.4 Å². The van der Waals surface area contributed by atoms with Crippen molar-refractivity contribution >= 4 is 23.9 Å². The molecule has 9 nitrogen and oxygen atoms in total. The summed E-state index contributed by atoms with van der Waals surface area (Å²) in [7, 11) is 4.63. The molecular formula is C13H19NO8. The smallest absolute Gasteiger partial charge is 0.323 e. The number of esters is 4. The summed E-state index contributed by atoms with van der Waals surface area (Å²) in [5.41, 5.74) is 0. The third-order valence-corrected chi connectivity index (χ3v) is 3.59. The van der Waals surface area contributed by atoms with Crippen LogP contribution in [-0.2, 0) is 38.1 Å². The SMILES string of the molecule is COC(=O)C1CC(C(=O)OC)C(C(=O)OC)NC1C(=O)OC. The lowest BCUT2D eigenvalue weighted by molar-refractivity contribution is -0.166. The van der Waals surface area contributed by atoms with E-state index in [4.69, 9.17) is 0 Å². The van der Waals surface area contributed by atoms with Crippen LogP contribution in [0.4, 0.5) is 0 Å². The van der Waals surface area contributed by atoms with Gasteiger partial charge in [0.25, 0.3) is 0 Å². The Hall–Kier alpha value is -2.16. The molecule has 0 aromatic rings. The molecule has 0 radical (unpaired) electrons. The second-order valence-electron chi connectivity index (χ2n) is 4.66. The second-order valence-corrected chi connectivity index (χ2v) is 4.66. The number of rotatable bonds is 4. The Morgan fingerprint density at radius 3 is 1.27 bits per heavy atom. The number of carbonyl (C=O) groups excluding carboxylic acids is 4. The molecule has 0 aromatic carbocycles. The lowest BCUT2D eigenvalue weighted by atomic mass is 9.79. The molecular weight excluding hydrogens is 298 g/mol. The Kier molecular flexibility index (Phi) is 6.29. The van der Waals surface area contributed by atoms with Gasteiger partial charge in [-0.3, -0.25) is 24.5 Å². The van der Waals surface area contributed by atoms with Gasteiger partial charge in [-0.1, -0.05) is 0 Å². The standard InChI is InChI=1S/C13H19NO8/c1-19-10(15)6-5-7(11(16)20-2)9(13(18)22-4)14-8(6)12(17)21-3/h6-9,14H,5H2,1-4H3. The van der Waals surface area contributed by atoms with Crippen LogP contribution < -0.4 is 5.32 Å². The maximum atomic E-state index is 11.9. The van der Waals surface area contributed by atoms with Gasteiger partial charge in [-0.05, 0) is 6.42 Å². The summed E-state index contributed by atoms with van der Waals surface area (Å²) in [5.74, 6) is -4.84. The fourth-order valence-corrected chi connectivity index (χ4v) is 2.46. The normalized spacial score (nSPS) is 27.5. The average molecular weight is 317 g/mol. The summed E-state index contributed by atoms with van der Waals surface area (Å²) in [5, 5.41) is 2.63. The minimum absolute atomic E-state index is 0.105. The van der Waals surface area contributed by atoms with Crippen LogP contribution in [0.5, 0.6) is 0 Å². The highest BCUT2D eigenvalue weighted by molar-refractivity contribution is 5.90. The second kappa shape index (κ2) is 7.74. The predicted octanol–water partition coefficient (Wildman–Crippen LogP) is -1.36. The highest BCUT2D eigenvalue weighted by Crippen LogP contribution is 2.29. The number of piperidine rings is 1. The molecule has 0 bridgehead atoms. The first kappa shape index (κ1) is 17.9. The Bertz CT molecular complexity index is 381. The van der Waals surface area contributed by atoms with Crippen LogP contribution in [0.1, 0.15) is 6.42 Å². The van der Waals surface area contributed by atoms with Gasteiger partial charge in [0.1, 0.15) is 12.1 Å². The zero-order chi connectivity index (χ0) is 16.9. The molecule has 124 valence electrons. The van der Waals surface area contributed by atoms with Gasteiger partial charge in [0.15, 0.2) is 0 Å². The van der Waals surface area contributed by atoms with Crippen molar-refractivity contribution < 1.29 is 38.1 Å². The zero-order valence-corrected chi connectivity index (χ0v) is 12.8. The van der Waals surface area contributed by atoms with Crippen molar-refractivity contribution in [1.29, 1.82) is 0 Å². The van der Waals surface area contributed by atoms with Gasteiger partial charge in [0, 0.05) is 0 Å². The van der Waals surface area contributed by atoms with E-state index >= 15 is 0 Å². The lowest BCUT2D eigenvalue weighted by Crippen LogP contribution is -2.62. The van der Waals surface area contributed by atoms with Crippen LogP contribution >= 0.6 is 0 Å². The van der Waals surface area contributed by atoms with E-state index in [1.807, 2.05) is 0 Å². The molecule has 1 saturated heterocycles. The number of carbonyl (C=O) groups is 4. The molecule has 1 fully saturated rings. The number of hydrogen-bond acceptors (Lipinski definition) is 9. The first-order chi connectivity index (χ1) is 10.4. The fourth-order valence-electron chi connectivity index (χ4n) is 2.46. The van der Waals surface area contributed by atoms with Crippen molar-refractivity contribution in [2.45, 2.75) is 18.5 Å². The van der Waals surface area contributed by atoms with Gasteiger partial charge in [-0.2, -0.15) is 0 Å². The van der Waals surface area contributed by atoms with Gasteiger partial charge in [0.2, 0.25) is 0 Å². The third-order valence-electron chi connectivity index (χ3n) is 3.59. The molecule has 1 aliphatic heterocycles. The Morgan fingerprint density at radius 2 is 1.00 bits per heavy atom. The summed E-state index contributed by atoms with van der Waals surface area (Å²) < 4.78 is 18.5. The Balaban J connectivity index is 3.15. The van der Waals surface area contributed by atoms with Crippen LogP contribution in [0, 0.1) is 11.8 Å². The van der Waals surface area contributed by atoms with Crippen LogP contribution in [0.3, 0.4) is 0 Å². The predicted molar refractivity (Wildman–Crippen MR) is 70.4 cm³/mol. The molecule has 4 unspecified atom stereocenters. The monoisotopic (exact) mass is 317 g/mol. The highest BCUT2D eigenvalue weighted by atomic mass is 16.5. The van der Waals surface area contributed by atoms with Crippen LogP contribution in [0.25, 0.3) is 0 Å². The van der Waals surface area contributed by atoms with Crippen LogP contribution in [0.15, 0.2) is 0 Å². The molecule has 0 aliphatic carbocycles. The number of ether oxygens (including phenoxy) is 4. The Morgan fingerprint density at radius 1 is 0.682 bits per heavy atom. The first-order valence-electron chi connectivity index (χ1n) is 6.48. The summed E-state index contributed by atoms with van der Waals surface area (Å²) in [6.45, 7) is 0. The molecule has 1 heterocycles. The Labute approximate surface area is 127 Å². The van der Waals surface area contributed by atoms with Crippen molar-refractivity contribution in [3.63, 3.8) is 0 Å². The summed E-state index contributed by atoms with van der Waals surface area (Å²) in [6.07, 6.45) is -0.105. The van der Waals surface area contributed by atoms with Crippen LogP contribution in [-0.4, -0.2) is 64.4 Å². The molecule has 9 heteroatoms. The minimum atomic E-state index is -1.12. The number of methoxy groups -OCH3 is 4. The van der Waals surface area contributed by atoms with Crippen LogP contribution in [0.2, 0.25) is 0 Å². The largest absolute Gasteiger partial charge is 0.469 e. The minimum Gasteiger partial charge on any atom is -0.469 e. The van der Waals surface area contributed by atoms with Gasteiger partial charge >= 0.3 is 23.9 Å². The topological polar surface area (TPSA) is 117 Å².